The second kappa shape index (κ2) is 9.63. The Morgan fingerprint density at radius 1 is 1.28 bits per heavy atom. The number of ether oxygens (including phenoxy) is 3. The van der Waals surface area contributed by atoms with Crippen LogP contribution in [0.4, 0.5) is 0 Å². The highest BCUT2D eigenvalue weighted by Gasteiger charge is 2.29. The van der Waals surface area contributed by atoms with Crippen molar-refractivity contribution >= 4 is 5.91 Å². The first kappa shape index (κ1) is 19.5. The molecule has 1 aromatic rings. The Hall–Kier alpha value is -1.79. The van der Waals surface area contributed by atoms with E-state index in [1.54, 1.807) is 32.4 Å². The van der Waals surface area contributed by atoms with Gasteiger partial charge in [-0.2, -0.15) is 0 Å². The van der Waals surface area contributed by atoms with Gasteiger partial charge in [0, 0.05) is 44.3 Å². The lowest BCUT2D eigenvalue weighted by Gasteiger charge is -2.32. The van der Waals surface area contributed by atoms with E-state index >= 15 is 0 Å². The number of hydrogen-bond acceptors (Lipinski definition) is 5. The smallest absolute Gasteiger partial charge is 0.254 e. The largest absolute Gasteiger partial charge is 0.493 e. The molecule has 0 bridgehead atoms. The molecular weight excluding hydrogens is 320 g/mol. The van der Waals surface area contributed by atoms with Crippen molar-refractivity contribution in [2.75, 3.05) is 40.5 Å². The summed E-state index contributed by atoms with van der Waals surface area (Å²) < 4.78 is 16.2. The molecule has 1 aromatic carbocycles. The molecule has 1 unspecified atom stereocenters. The van der Waals surface area contributed by atoms with Gasteiger partial charge in [-0.1, -0.05) is 0 Å². The molecule has 1 aliphatic rings. The third-order valence-electron chi connectivity index (χ3n) is 4.38. The molecule has 1 atom stereocenters. The van der Waals surface area contributed by atoms with Crippen LogP contribution in [-0.4, -0.2) is 63.4 Å². The zero-order valence-electron chi connectivity index (χ0n) is 15.7. The van der Waals surface area contributed by atoms with Crippen molar-refractivity contribution in [2.24, 2.45) is 0 Å². The van der Waals surface area contributed by atoms with Crippen molar-refractivity contribution in [2.45, 2.75) is 38.8 Å². The normalized spacial score (nSPS) is 16.9. The Labute approximate surface area is 150 Å². The number of nitrogens with one attached hydrogen (secondary N) is 1. The average molecular weight is 350 g/mol. The van der Waals surface area contributed by atoms with Gasteiger partial charge in [0.25, 0.3) is 5.91 Å². The standard InChI is InChI=1S/C19H30N2O4/c1-14(2)21(16-8-9-20-13-16)19(22)15-6-7-17(24-4)18(12-15)25-11-5-10-23-3/h6-7,12,14,16,20H,5,8-11,13H2,1-4H3. The van der Waals surface area contributed by atoms with Crippen molar-refractivity contribution in [1.29, 1.82) is 0 Å². The highest BCUT2D eigenvalue weighted by Crippen LogP contribution is 2.29. The molecule has 1 heterocycles. The molecule has 0 radical (unpaired) electrons. The minimum absolute atomic E-state index is 0.0353. The summed E-state index contributed by atoms with van der Waals surface area (Å²) in [5, 5.41) is 3.33. The number of carbonyl (C=O) groups is 1. The van der Waals surface area contributed by atoms with Gasteiger partial charge in [-0.15, -0.1) is 0 Å². The summed E-state index contributed by atoms with van der Waals surface area (Å²) in [6.07, 6.45) is 1.77. The molecular formula is C19H30N2O4. The highest BCUT2D eigenvalue weighted by molar-refractivity contribution is 5.95. The number of amides is 1. The van der Waals surface area contributed by atoms with Crippen LogP contribution in [0.1, 0.15) is 37.0 Å². The van der Waals surface area contributed by atoms with E-state index in [0.29, 0.717) is 30.3 Å². The van der Waals surface area contributed by atoms with Crippen LogP contribution in [0.15, 0.2) is 18.2 Å². The number of carbonyl (C=O) groups excluding carboxylic acids is 1. The maximum Gasteiger partial charge on any atom is 0.254 e. The van der Waals surface area contributed by atoms with Gasteiger partial charge in [-0.05, 0) is 45.0 Å². The Kier molecular flexibility index (Phi) is 7.52. The molecule has 6 nitrogen and oxygen atoms in total. The molecule has 2 rings (SSSR count). The number of hydrogen-bond donors (Lipinski definition) is 1. The zero-order chi connectivity index (χ0) is 18.2. The molecule has 25 heavy (non-hydrogen) atoms. The minimum Gasteiger partial charge on any atom is -0.493 e. The fourth-order valence-electron chi connectivity index (χ4n) is 3.16. The van der Waals surface area contributed by atoms with E-state index in [9.17, 15) is 4.79 Å². The molecule has 1 fully saturated rings. The molecule has 1 amide bonds. The van der Waals surface area contributed by atoms with Gasteiger partial charge >= 0.3 is 0 Å². The summed E-state index contributed by atoms with van der Waals surface area (Å²) in [5.41, 5.74) is 0.628. The van der Waals surface area contributed by atoms with Gasteiger partial charge < -0.3 is 24.4 Å². The number of nitrogens with zero attached hydrogens (tertiary/aromatic N) is 1. The van der Waals surface area contributed by atoms with E-state index in [-0.39, 0.29) is 18.0 Å². The van der Waals surface area contributed by atoms with Crippen LogP contribution in [0.3, 0.4) is 0 Å². The van der Waals surface area contributed by atoms with Gasteiger partial charge in [0.15, 0.2) is 11.5 Å². The first-order chi connectivity index (χ1) is 12.1. The number of benzene rings is 1. The predicted octanol–water partition coefficient (Wildman–Crippen LogP) is 2.32. The van der Waals surface area contributed by atoms with E-state index in [1.807, 2.05) is 4.90 Å². The Bertz CT molecular complexity index is 556. The van der Waals surface area contributed by atoms with Crippen LogP contribution in [0, 0.1) is 0 Å². The summed E-state index contributed by atoms with van der Waals surface area (Å²) in [6, 6.07) is 5.77. The quantitative estimate of drug-likeness (QED) is 0.693. The maximum atomic E-state index is 13.1. The van der Waals surface area contributed by atoms with Crippen molar-refractivity contribution < 1.29 is 19.0 Å². The lowest BCUT2D eigenvalue weighted by Crippen LogP contribution is -2.45. The summed E-state index contributed by atoms with van der Waals surface area (Å²) >= 11 is 0. The molecule has 6 heteroatoms. The van der Waals surface area contributed by atoms with Crippen LogP contribution >= 0.6 is 0 Å². The van der Waals surface area contributed by atoms with Crippen molar-refractivity contribution in [3.05, 3.63) is 23.8 Å². The molecule has 0 aliphatic carbocycles. The first-order valence-electron chi connectivity index (χ1n) is 8.91. The van der Waals surface area contributed by atoms with E-state index in [1.165, 1.54) is 0 Å². The molecule has 1 aliphatic heterocycles. The van der Waals surface area contributed by atoms with Crippen LogP contribution in [0.2, 0.25) is 0 Å². The van der Waals surface area contributed by atoms with Crippen LogP contribution < -0.4 is 14.8 Å². The fraction of sp³-hybridized carbons (Fsp3) is 0.632. The Morgan fingerprint density at radius 2 is 2.08 bits per heavy atom. The fourth-order valence-corrected chi connectivity index (χ4v) is 3.16. The van der Waals surface area contributed by atoms with E-state index in [0.717, 1.165) is 25.9 Å². The Balaban J connectivity index is 2.17. The Morgan fingerprint density at radius 3 is 2.68 bits per heavy atom. The summed E-state index contributed by atoms with van der Waals surface area (Å²) in [7, 11) is 3.27. The summed E-state index contributed by atoms with van der Waals surface area (Å²) in [5.74, 6) is 1.26. The average Bonchev–Trinajstić information content (AvgIpc) is 3.12. The van der Waals surface area contributed by atoms with E-state index in [4.69, 9.17) is 14.2 Å². The van der Waals surface area contributed by atoms with Gasteiger partial charge in [-0.3, -0.25) is 4.79 Å². The summed E-state index contributed by atoms with van der Waals surface area (Å²) in [4.78, 5) is 15.1. The SMILES string of the molecule is COCCCOc1cc(C(=O)N(C(C)C)C2CCNC2)ccc1OC. The second-order valence-electron chi connectivity index (χ2n) is 6.51. The second-order valence-corrected chi connectivity index (χ2v) is 6.51. The molecule has 0 spiro atoms. The van der Waals surface area contributed by atoms with Crippen molar-refractivity contribution in [3.8, 4) is 11.5 Å². The third kappa shape index (κ3) is 5.09. The maximum absolute atomic E-state index is 13.1. The van der Waals surface area contributed by atoms with Gasteiger partial charge in [0.2, 0.25) is 0 Å². The molecule has 1 N–H and O–H groups in total. The van der Waals surface area contributed by atoms with Crippen LogP contribution in [-0.2, 0) is 4.74 Å². The number of rotatable bonds is 9. The molecule has 140 valence electrons. The predicted molar refractivity (Wildman–Crippen MR) is 97.6 cm³/mol. The van der Waals surface area contributed by atoms with Crippen LogP contribution in [0.5, 0.6) is 11.5 Å². The highest BCUT2D eigenvalue weighted by atomic mass is 16.5. The number of methoxy groups -OCH3 is 2. The van der Waals surface area contributed by atoms with Crippen molar-refractivity contribution in [1.82, 2.24) is 10.2 Å². The topological polar surface area (TPSA) is 60.0 Å². The van der Waals surface area contributed by atoms with Crippen molar-refractivity contribution in [3.63, 3.8) is 0 Å². The lowest BCUT2D eigenvalue weighted by molar-refractivity contribution is 0.0626. The zero-order valence-corrected chi connectivity index (χ0v) is 15.7. The third-order valence-corrected chi connectivity index (χ3v) is 4.38. The summed E-state index contributed by atoms with van der Waals surface area (Å²) in [6.45, 7) is 7.07. The van der Waals surface area contributed by atoms with E-state index in [2.05, 4.69) is 19.2 Å². The molecule has 1 saturated heterocycles. The lowest BCUT2D eigenvalue weighted by atomic mass is 10.1. The molecule has 0 saturated carbocycles. The van der Waals surface area contributed by atoms with Gasteiger partial charge in [-0.25, -0.2) is 0 Å². The first-order valence-corrected chi connectivity index (χ1v) is 8.91. The monoisotopic (exact) mass is 350 g/mol. The van der Waals surface area contributed by atoms with Gasteiger partial charge in [0.05, 0.1) is 13.7 Å². The van der Waals surface area contributed by atoms with Gasteiger partial charge in [0.1, 0.15) is 0 Å². The van der Waals surface area contributed by atoms with E-state index < -0.39 is 0 Å². The molecule has 0 aromatic heterocycles. The minimum atomic E-state index is 0.0353. The van der Waals surface area contributed by atoms with Crippen LogP contribution in [0.25, 0.3) is 0 Å².